The molecule has 3 rings (SSSR count). The van der Waals surface area contributed by atoms with Gasteiger partial charge in [-0.1, -0.05) is 34.1 Å². The molecule has 0 saturated heterocycles. The number of halogens is 4. The summed E-state index contributed by atoms with van der Waals surface area (Å²) in [6.07, 6.45) is 1.62. The second-order valence-electron chi connectivity index (χ2n) is 7.10. The Labute approximate surface area is 196 Å². The Morgan fingerprint density at radius 1 is 1.09 bits per heavy atom. The van der Waals surface area contributed by atoms with Gasteiger partial charge >= 0.3 is 6.18 Å². The average Bonchev–Trinajstić information content (AvgIpc) is 2.79. The summed E-state index contributed by atoms with van der Waals surface area (Å²) in [7, 11) is 0. The molecule has 0 aliphatic rings. The Kier molecular flexibility index (Phi) is 7.65. The van der Waals surface area contributed by atoms with Gasteiger partial charge in [-0.2, -0.15) is 13.2 Å². The highest BCUT2D eigenvalue weighted by molar-refractivity contribution is 9.08. The monoisotopic (exact) mass is 517 g/mol. The van der Waals surface area contributed by atoms with E-state index in [0.29, 0.717) is 11.4 Å². The van der Waals surface area contributed by atoms with Crippen LogP contribution < -0.4 is 10.6 Å². The Bertz CT molecular complexity index is 1200. The van der Waals surface area contributed by atoms with Gasteiger partial charge in [0.2, 0.25) is 5.91 Å². The number of carbonyl (C=O) groups is 2. The molecule has 170 valence electrons. The first-order valence-corrected chi connectivity index (χ1v) is 10.9. The van der Waals surface area contributed by atoms with E-state index < -0.39 is 17.6 Å². The maximum Gasteiger partial charge on any atom is 0.416 e. The van der Waals surface area contributed by atoms with Crippen LogP contribution in [-0.4, -0.2) is 16.8 Å². The van der Waals surface area contributed by atoms with Crippen LogP contribution in [0.3, 0.4) is 0 Å². The third-order valence-electron chi connectivity index (χ3n) is 4.69. The summed E-state index contributed by atoms with van der Waals surface area (Å²) in [5.41, 5.74) is 1.34. The van der Waals surface area contributed by atoms with E-state index in [4.69, 9.17) is 0 Å². The molecule has 0 atom stereocenters. The molecule has 0 unspecified atom stereocenters. The number of amides is 2. The Morgan fingerprint density at radius 3 is 2.55 bits per heavy atom. The maximum absolute atomic E-state index is 13.3. The van der Waals surface area contributed by atoms with E-state index >= 15 is 0 Å². The lowest BCUT2D eigenvalue weighted by atomic mass is 10.0. The zero-order valence-electron chi connectivity index (χ0n) is 17.4. The zero-order valence-corrected chi connectivity index (χ0v) is 19.0. The van der Waals surface area contributed by atoms with Gasteiger partial charge in [0.1, 0.15) is 0 Å². The SMILES string of the molecule is Cc1ccc(NC(=O)c2ccc(CBr)c(C(F)(F)F)c2)cc1NC(=O)C=Cc1cccnc1. The standard InChI is InChI=1S/C24H19BrF3N3O2/c1-15-4-8-19(12-21(15)31-22(32)9-5-16-3-2-10-29-14-16)30-23(33)17-6-7-18(13-25)20(11-17)24(26,27)28/h2-12,14H,13H2,1H3,(H,30,33)(H,31,32). The molecular formula is C24H19BrF3N3O2. The number of alkyl halides is 4. The summed E-state index contributed by atoms with van der Waals surface area (Å²) in [5.74, 6) is -1.08. The number of hydrogen-bond acceptors (Lipinski definition) is 3. The van der Waals surface area contributed by atoms with Crippen molar-refractivity contribution in [3.8, 4) is 0 Å². The highest BCUT2D eigenvalue weighted by Crippen LogP contribution is 2.34. The van der Waals surface area contributed by atoms with Gasteiger partial charge in [0.25, 0.3) is 5.91 Å². The first-order valence-electron chi connectivity index (χ1n) is 9.74. The van der Waals surface area contributed by atoms with E-state index in [1.54, 1.807) is 55.7 Å². The van der Waals surface area contributed by atoms with E-state index in [1.807, 2.05) is 0 Å². The first-order chi connectivity index (χ1) is 15.7. The molecule has 0 saturated carbocycles. The molecule has 0 aliphatic heterocycles. The van der Waals surface area contributed by atoms with Crippen LogP contribution in [0.5, 0.6) is 0 Å². The largest absolute Gasteiger partial charge is 0.416 e. The topological polar surface area (TPSA) is 71.1 Å². The molecule has 0 spiro atoms. The van der Waals surface area contributed by atoms with Gasteiger partial charge in [-0.15, -0.1) is 0 Å². The minimum absolute atomic E-state index is 0.0139. The lowest BCUT2D eigenvalue weighted by molar-refractivity contribution is -0.138. The van der Waals surface area contributed by atoms with Crippen LogP contribution in [0.4, 0.5) is 24.5 Å². The molecule has 2 aromatic carbocycles. The number of pyridine rings is 1. The summed E-state index contributed by atoms with van der Waals surface area (Å²) < 4.78 is 39.9. The van der Waals surface area contributed by atoms with Gasteiger partial charge in [-0.3, -0.25) is 14.6 Å². The molecule has 1 heterocycles. The molecule has 0 radical (unpaired) electrons. The summed E-state index contributed by atoms with van der Waals surface area (Å²) in [6.45, 7) is 1.78. The van der Waals surface area contributed by atoms with Crippen LogP contribution >= 0.6 is 15.9 Å². The second-order valence-corrected chi connectivity index (χ2v) is 7.66. The van der Waals surface area contributed by atoms with Crippen molar-refractivity contribution in [1.29, 1.82) is 0 Å². The molecule has 0 fully saturated rings. The van der Waals surface area contributed by atoms with Crippen LogP contribution in [-0.2, 0) is 16.3 Å². The molecule has 0 bridgehead atoms. The summed E-state index contributed by atoms with van der Waals surface area (Å²) in [6, 6.07) is 11.8. The smallest absolute Gasteiger partial charge is 0.322 e. The number of nitrogens with zero attached hydrogens (tertiary/aromatic N) is 1. The van der Waals surface area contributed by atoms with E-state index in [-0.39, 0.29) is 22.4 Å². The van der Waals surface area contributed by atoms with Crippen molar-refractivity contribution in [3.63, 3.8) is 0 Å². The zero-order chi connectivity index (χ0) is 24.0. The number of rotatable bonds is 6. The fourth-order valence-electron chi connectivity index (χ4n) is 2.96. The number of aryl methyl sites for hydroxylation is 1. The van der Waals surface area contributed by atoms with Crippen molar-refractivity contribution in [2.45, 2.75) is 18.4 Å². The van der Waals surface area contributed by atoms with Crippen LogP contribution in [0.1, 0.15) is 32.6 Å². The van der Waals surface area contributed by atoms with Gasteiger partial charge in [-0.05, 0) is 60.0 Å². The quantitative estimate of drug-likeness (QED) is 0.301. The first kappa shape index (κ1) is 24.2. The normalized spacial score (nSPS) is 11.4. The number of hydrogen-bond donors (Lipinski definition) is 2. The molecule has 2 amide bonds. The lowest BCUT2D eigenvalue weighted by Crippen LogP contribution is -2.16. The number of benzene rings is 2. The van der Waals surface area contributed by atoms with E-state index in [2.05, 4.69) is 31.5 Å². The number of nitrogens with one attached hydrogen (secondary N) is 2. The lowest BCUT2D eigenvalue weighted by Gasteiger charge is -2.14. The minimum Gasteiger partial charge on any atom is -0.322 e. The summed E-state index contributed by atoms with van der Waals surface area (Å²) >= 11 is 3.03. The van der Waals surface area contributed by atoms with Gasteiger partial charge in [0.15, 0.2) is 0 Å². The maximum atomic E-state index is 13.3. The molecule has 33 heavy (non-hydrogen) atoms. The molecule has 0 aliphatic carbocycles. The minimum atomic E-state index is -4.58. The Balaban J connectivity index is 1.75. The Morgan fingerprint density at radius 2 is 1.88 bits per heavy atom. The van der Waals surface area contributed by atoms with Crippen LogP contribution in [0.25, 0.3) is 6.08 Å². The fraction of sp³-hybridized carbons (Fsp3) is 0.125. The molecular weight excluding hydrogens is 499 g/mol. The average molecular weight is 518 g/mol. The molecule has 9 heteroatoms. The molecule has 5 nitrogen and oxygen atoms in total. The number of carbonyl (C=O) groups excluding carboxylic acids is 2. The second kappa shape index (κ2) is 10.4. The Hall–Kier alpha value is -3.46. The highest BCUT2D eigenvalue weighted by Gasteiger charge is 2.33. The molecule has 2 N–H and O–H groups in total. The van der Waals surface area contributed by atoms with E-state index in [9.17, 15) is 22.8 Å². The van der Waals surface area contributed by atoms with Gasteiger partial charge < -0.3 is 10.6 Å². The summed E-state index contributed by atoms with van der Waals surface area (Å²) in [4.78, 5) is 28.8. The van der Waals surface area contributed by atoms with Crippen molar-refractivity contribution in [2.75, 3.05) is 10.6 Å². The molecule has 3 aromatic rings. The van der Waals surface area contributed by atoms with E-state index in [0.717, 1.165) is 17.2 Å². The van der Waals surface area contributed by atoms with Gasteiger partial charge in [-0.25, -0.2) is 0 Å². The predicted molar refractivity (Wildman–Crippen MR) is 125 cm³/mol. The van der Waals surface area contributed by atoms with Crippen LogP contribution in [0, 0.1) is 6.92 Å². The predicted octanol–water partition coefficient (Wildman–Crippen LogP) is 6.21. The number of anilines is 2. The van der Waals surface area contributed by atoms with Crippen LogP contribution in [0.15, 0.2) is 67.0 Å². The number of aromatic nitrogens is 1. The van der Waals surface area contributed by atoms with Gasteiger partial charge in [0.05, 0.1) is 5.56 Å². The van der Waals surface area contributed by atoms with Crippen molar-refractivity contribution >= 4 is 45.2 Å². The van der Waals surface area contributed by atoms with Crippen molar-refractivity contribution < 1.29 is 22.8 Å². The fourth-order valence-corrected chi connectivity index (χ4v) is 3.45. The van der Waals surface area contributed by atoms with Crippen molar-refractivity contribution in [3.05, 3.63) is 94.8 Å². The van der Waals surface area contributed by atoms with Crippen molar-refractivity contribution in [1.82, 2.24) is 4.98 Å². The van der Waals surface area contributed by atoms with Gasteiger partial charge in [0, 0.05) is 40.7 Å². The molecule has 1 aromatic heterocycles. The highest BCUT2D eigenvalue weighted by atomic mass is 79.9. The van der Waals surface area contributed by atoms with Crippen LogP contribution in [0.2, 0.25) is 0 Å². The van der Waals surface area contributed by atoms with Crippen molar-refractivity contribution in [2.24, 2.45) is 0 Å². The summed E-state index contributed by atoms with van der Waals surface area (Å²) in [5, 5.41) is 5.32. The van der Waals surface area contributed by atoms with E-state index in [1.165, 1.54) is 18.2 Å². The third kappa shape index (κ3) is 6.52. The third-order valence-corrected chi connectivity index (χ3v) is 5.29.